The second kappa shape index (κ2) is 14.3. The Morgan fingerprint density at radius 1 is 0.311 bits per heavy atom. The number of nitrogens with zero attached hydrogens (tertiary/aromatic N) is 2. The molecule has 61 heavy (non-hydrogen) atoms. The Hall–Kier alpha value is -8.14. The summed E-state index contributed by atoms with van der Waals surface area (Å²) in [5.74, 6) is 0. The Morgan fingerprint density at radius 3 is 1.51 bits per heavy atom. The molecule has 0 bridgehead atoms. The third-order valence-corrected chi connectivity index (χ3v) is 12.1. The van der Waals surface area contributed by atoms with E-state index < -0.39 is 0 Å². The number of aromatic nitrogens is 1. The lowest BCUT2D eigenvalue weighted by Crippen LogP contribution is -2.11. The number of fused-ring (bicyclic) bond motifs is 8. The van der Waals surface area contributed by atoms with Crippen LogP contribution >= 0.6 is 0 Å². The number of hydrogen-bond acceptors (Lipinski definition) is 2. The van der Waals surface area contributed by atoms with Crippen molar-refractivity contribution < 1.29 is 4.42 Å². The summed E-state index contributed by atoms with van der Waals surface area (Å²) < 4.78 is 9.06. The van der Waals surface area contributed by atoms with Crippen molar-refractivity contribution >= 4 is 71.6 Å². The van der Waals surface area contributed by atoms with Crippen molar-refractivity contribution in [2.24, 2.45) is 0 Å². The molecular formula is C58H38N2O. The molecule has 0 saturated heterocycles. The molecule has 2 aromatic heterocycles. The summed E-state index contributed by atoms with van der Waals surface area (Å²) >= 11 is 0. The van der Waals surface area contributed by atoms with E-state index >= 15 is 0 Å². The molecule has 12 rings (SSSR count). The first-order valence-electron chi connectivity index (χ1n) is 20.8. The first-order valence-corrected chi connectivity index (χ1v) is 20.8. The van der Waals surface area contributed by atoms with Crippen molar-refractivity contribution in [1.82, 2.24) is 4.57 Å². The van der Waals surface area contributed by atoms with Crippen molar-refractivity contribution in [2.75, 3.05) is 4.90 Å². The van der Waals surface area contributed by atoms with Gasteiger partial charge in [0.2, 0.25) is 0 Å². The molecule has 0 aliphatic carbocycles. The van der Waals surface area contributed by atoms with Crippen molar-refractivity contribution in [3.63, 3.8) is 0 Å². The van der Waals surface area contributed by atoms with Gasteiger partial charge in [0.05, 0.1) is 16.7 Å². The SMILES string of the molecule is c1ccc(-c2ccc(-n3c4ccccc4c4ccc(N(c5cc(-c6ccccc6)cc(-c6ccccc6)c5)c5cc6c7ccccc7oc6c6ccccc56)cc43)cc2)cc1. The fraction of sp³-hybridized carbons (Fsp3) is 0. The van der Waals surface area contributed by atoms with E-state index in [1.54, 1.807) is 0 Å². The number of benzene rings is 10. The molecule has 0 N–H and O–H groups in total. The predicted octanol–water partition coefficient (Wildman–Crippen LogP) is 16.3. The van der Waals surface area contributed by atoms with Gasteiger partial charge in [-0.15, -0.1) is 0 Å². The zero-order valence-corrected chi connectivity index (χ0v) is 33.2. The van der Waals surface area contributed by atoms with Gasteiger partial charge >= 0.3 is 0 Å². The van der Waals surface area contributed by atoms with Crippen LogP contribution in [-0.2, 0) is 0 Å². The van der Waals surface area contributed by atoms with E-state index in [1.807, 2.05) is 6.07 Å². The molecule has 0 radical (unpaired) electrons. The van der Waals surface area contributed by atoms with Gasteiger partial charge in [0, 0.05) is 49.4 Å². The monoisotopic (exact) mass is 778 g/mol. The van der Waals surface area contributed by atoms with Crippen LogP contribution in [0.25, 0.3) is 93.6 Å². The number of rotatable bonds is 7. The Bertz CT molecular complexity index is 3510. The fourth-order valence-corrected chi connectivity index (χ4v) is 9.28. The van der Waals surface area contributed by atoms with Gasteiger partial charge in [-0.3, -0.25) is 0 Å². The van der Waals surface area contributed by atoms with Crippen LogP contribution in [-0.4, -0.2) is 4.57 Å². The second-order valence-corrected chi connectivity index (χ2v) is 15.7. The first kappa shape index (κ1) is 34.9. The summed E-state index contributed by atoms with van der Waals surface area (Å²) in [6.07, 6.45) is 0. The maximum atomic E-state index is 6.64. The summed E-state index contributed by atoms with van der Waals surface area (Å²) in [7, 11) is 0. The summed E-state index contributed by atoms with van der Waals surface area (Å²) in [5.41, 5.74) is 15.4. The van der Waals surface area contributed by atoms with Crippen LogP contribution in [0.5, 0.6) is 0 Å². The van der Waals surface area contributed by atoms with Gasteiger partial charge in [0.1, 0.15) is 11.2 Å². The van der Waals surface area contributed by atoms with Crippen LogP contribution < -0.4 is 4.90 Å². The average Bonchev–Trinajstić information content (AvgIpc) is 3.88. The highest BCUT2D eigenvalue weighted by Crippen LogP contribution is 2.47. The molecule has 3 heteroatoms. The minimum atomic E-state index is 0.882. The van der Waals surface area contributed by atoms with Crippen molar-refractivity contribution in [3.8, 4) is 39.1 Å². The molecule has 12 aromatic rings. The van der Waals surface area contributed by atoms with Crippen LogP contribution in [0.1, 0.15) is 0 Å². The first-order chi connectivity index (χ1) is 30.2. The standard InChI is InChI=1S/C58H38N2O/c1-4-16-39(17-5-1)42-28-30-45(31-29-42)60-54-26-14-12-22-48(54)50-33-32-46(37-55(50)60)59(47-35-43(40-18-6-2-7-19-40)34-44(36-47)41-20-8-3-9-21-41)56-38-53-51-24-13-15-27-57(51)61-58(53)52-25-11-10-23-49(52)56/h1-38H. The van der Waals surface area contributed by atoms with Crippen LogP contribution in [0.4, 0.5) is 17.1 Å². The molecule has 3 nitrogen and oxygen atoms in total. The average molecular weight is 779 g/mol. The number of hydrogen-bond donors (Lipinski definition) is 0. The summed E-state index contributed by atoms with van der Waals surface area (Å²) in [4.78, 5) is 2.46. The Balaban J connectivity index is 1.16. The number of anilines is 3. The molecular weight excluding hydrogens is 741 g/mol. The van der Waals surface area contributed by atoms with E-state index in [9.17, 15) is 0 Å². The summed E-state index contributed by atoms with van der Waals surface area (Å²) in [6, 6.07) is 83.1. The van der Waals surface area contributed by atoms with Gasteiger partial charge in [-0.2, -0.15) is 0 Å². The lowest BCUT2D eigenvalue weighted by Gasteiger charge is -2.28. The largest absolute Gasteiger partial charge is 0.455 e. The Morgan fingerprint density at radius 2 is 0.836 bits per heavy atom. The molecule has 0 atom stereocenters. The van der Waals surface area contributed by atoms with Gasteiger partial charge in [0.15, 0.2) is 0 Å². The highest BCUT2D eigenvalue weighted by molar-refractivity contribution is 6.20. The van der Waals surface area contributed by atoms with Gasteiger partial charge in [-0.1, -0.05) is 170 Å². The molecule has 0 unspecified atom stereocenters. The molecule has 286 valence electrons. The Kier molecular flexibility index (Phi) is 8.17. The molecule has 2 heterocycles. The smallest absolute Gasteiger partial charge is 0.143 e. The van der Waals surface area contributed by atoms with Gasteiger partial charge < -0.3 is 13.9 Å². The van der Waals surface area contributed by atoms with Crippen LogP contribution in [0, 0.1) is 0 Å². The maximum absolute atomic E-state index is 6.64. The molecule has 0 amide bonds. The van der Waals surface area contributed by atoms with E-state index in [1.165, 1.54) is 27.4 Å². The Labute approximate surface area is 353 Å². The van der Waals surface area contributed by atoms with Gasteiger partial charge in [-0.25, -0.2) is 0 Å². The normalized spacial score (nSPS) is 11.6. The summed E-state index contributed by atoms with van der Waals surface area (Å²) in [5, 5.41) is 6.80. The molecule has 0 fully saturated rings. The van der Waals surface area contributed by atoms with Crippen LogP contribution in [0.15, 0.2) is 235 Å². The minimum Gasteiger partial charge on any atom is -0.455 e. The van der Waals surface area contributed by atoms with E-state index in [0.29, 0.717) is 0 Å². The van der Waals surface area contributed by atoms with Crippen LogP contribution in [0.3, 0.4) is 0 Å². The van der Waals surface area contributed by atoms with Crippen molar-refractivity contribution in [2.45, 2.75) is 0 Å². The van der Waals surface area contributed by atoms with Gasteiger partial charge in [0.25, 0.3) is 0 Å². The number of para-hydroxylation sites is 2. The lowest BCUT2D eigenvalue weighted by atomic mass is 9.96. The van der Waals surface area contributed by atoms with Crippen molar-refractivity contribution in [1.29, 1.82) is 0 Å². The highest BCUT2D eigenvalue weighted by atomic mass is 16.3. The van der Waals surface area contributed by atoms with E-state index in [-0.39, 0.29) is 0 Å². The highest BCUT2D eigenvalue weighted by Gasteiger charge is 2.23. The predicted molar refractivity (Wildman–Crippen MR) is 257 cm³/mol. The zero-order valence-electron chi connectivity index (χ0n) is 33.2. The second-order valence-electron chi connectivity index (χ2n) is 15.7. The molecule has 0 aliphatic heterocycles. The van der Waals surface area contributed by atoms with E-state index in [4.69, 9.17) is 4.42 Å². The number of furan rings is 1. The maximum Gasteiger partial charge on any atom is 0.143 e. The minimum absolute atomic E-state index is 0.882. The zero-order chi connectivity index (χ0) is 40.3. The molecule has 0 saturated carbocycles. The van der Waals surface area contributed by atoms with E-state index in [2.05, 4.69) is 234 Å². The van der Waals surface area contributed by atoms with Crippen LogP contribution in [0.2, 0.25) is 0 Å². The van der Waals surface area contributed by atoms with E-state index in [0.717, 1.165) is 83.2 Å². The van der Waals surface area contributed by atoms with Crippen molar-refractivity contribution in [3.05, 3.63) is 231 Å². The quantitative estimate of drug-likeness (QED) is 0.161. The lowest BCUT2D eigenvalue weighted by molar-refractivity contribution is 0.672. The molecule has 0 aliphatic rings. The third-order valence-electron chi connectivity index (χ3n) is 12.1. The van der Waals surface area contributed by atoms with Gasteiger partial charge in [-0.05, 0) is 94.0 Å². The molecule has 0 spiro atoms. The summed E-state index contributed by atoms with van der Waals surface area (Å²) in [6.45, 7) is 0. The fourth-order valence-electron chi connectivity index (χ4n) is 9.28. The molecule has 10 aromatic carbocycles. The third kappa shape index (κ3) is 5.90. The topological polar surface area (TPSA) is 21.3 Å².